The molecule has 0 radical (unpaired) electrons. The van der Waals surface area contributed by atoms with Crippen LogP contribution in [-0.4, -0.2) is 28.8 Å². The van der Waals surface area contributed by atoms with Crippen molar-refractivity contribution >= 4 is 5.97 Å². The van der Waals surface area contributed by atoms with E-state index >= 15 is 0 Å². The van der Waals surface area contributed by atoms with E-state index in [2.05, 4.69) is 5.32 Å². The molecule has 1 aromatic rings. The van der Waals surface area contributed by atoms with Crippen LogP contribution in [0.3, 0.4) is 0 Å². The highest BCUT2D eigenvalue weighted by atomic mass is 16.5. The second kappa shape index (κ2) is 6.43. The van der Waals surface area contributed by atoms with E-state index in [1.165, 1.54) is 6.07 Å². The first kappa shape index (κ1) is 15.3. The zero-order valence-corrected chi connectivity index (χ0v) is 11.6. The Labute approximate surface area is 113 Å². The number of rotatable bonds is 7. The number of carbonyl (C=O) groups is 1. The first-order chi connectivity index (χ1) is 8.92. The third-order valence-corrected chi connectivity index (χ3v) is 3.18. The van der Waals surface area contributed by atoms with E-state index in [4.69, 9.17) is 4.74 Å². The first-order valence-electron chi connectivity index (χ1n) is 6.27. The van der Waals surface area contributed by atoms with Crippen LogP contribution < -0.4 is 10.1 Å². The van der Waals surface area contributed by atoms with Crippen molar-refractivity contribution in [3.05, 3.63) is 23.8 Å². The van der Waals surface area contributed by atoms with Gasteiger partial charge in [0.15, 0.2) is 0 Å². The Balaban J connectivity index is 2.82. The lowest BCUT2D eigenvalue weighted by Gasteiger charge is -2.26. The van der Waals surface area contributed by atoms with Crippen LogP contribution in [-0.2, 0) is 11.3 Å². The highest BCUT2D eigenvalue weighted by molar-refractivity contribution is 5.78. The number of methoxy groups -OCH3 is 1. The number of carboxylic acids is 1. The quantitative estimate of drug-likeness (QED) is 0.705. The van der Waals surface area contributed by atoms with Gasteiger partial charge >= 0.3 is 5.97 Å². The van der Waals surface area contributed by atoms with Gasteiger partial charge in [-0.25, -0.2) is 0 Å². The normalized spacial score (nSPS) is 13.8. The molecule has 0 heterocycles. The molecule has 19 heavy (non-hydrogen) atoms. The molecule has 5 heteroatoms. The summed E-state index contributed by atoms with van der Waals surface area (Å²) in [4.78, 5) is 11.3. The largest absolute Gasteiger partial charge is 0.508 e. The van der Waals surface area contributed by atoms with Gasteiger partial charge in [0.1, 0.15) is 17.0 Å². The van der Waals surface area contributed by atoms with E-state index in [9.17, 15) is 15.0 Å². The number of ether oxygens (including phenoxy) is 1. The molecule has 0 aromatic heterocycles. The van der Waals surface area contributed by atoms with E-state index in [-0.39, 0.29) is 12.3 Å². The van der Waals surface area contributed by atoms with Crippen LogP contribution in [0.1, 0.15) is 32.3 Å². The lowest BCUT2D eigenvalue weighted by atomic mass is 9.96. The van der Waals surface area contributed by atoms with E-state index in [0.29, 0.717) is 17.7 Å². The summed E-state index contributed by atoms with van der Waals surface area (Å²) >= 11 is 0. The minimum absolute atomic E-state index is 0.123. The Morgan fingerprint density at radius 3 is 2.68 bits per heavy atom. The molecular weight excluding hydrogens is 246 g/mol. The van der Waals surface area contributed by atoms with Crippen LogP contribution in [0.5, 0.6) is 11.5 Å². The summed E-state index contributed by atoms with van der Waals surface area (Å²) in [5, 5.41) is 22.0. The summed E-state index contributed by atoms with van der Waals surface area (Å²) in [7, 11) is 1.54. The average Bonchev–Trinajstić information content (AvgIpc) is 2.38. The van der Waals surface area contributed by atoms with Crippen molar-refractivity contribution in [1.82, 2.24) is 5.32 Å². The highest BCUT2D eigenvalue weighted by Gasteiger charge is 2.31. The van der Waals surface area contributed by atoms with Crippen LogP contribution >= 0.6 is 0 Å². The van der Waals surface area contributed by atoms with Crippen molar-refractivity contribution in [3.63, 3.8) is 0 Å². The lowest BCUT2D eigenvalue weighted by molar-refractivity contribution is -0.144. The first-order valence-corrected chi connectivity index (χ1v) is 6.27. The predicted molar refractivity (Wildman–Crippen MR) is 72.4 cm³/mol. The zero-order chi connectivity index (χ0) is 14.5. The maximum Gasteiger partial charge on any atom is 0.323 e. The number of phenolic OH excluding ortho intramolecular Hbond substituents is 1. The molecule has 0 saturated heterocycles. The number of carboxylic acid groups (broad SMARTS) is 1. The van der Waals surface area contributed by atoms with Gasteiger partial charge in [0.25, 0.3) is 0 Å². The second-order valence-electron chi connectivity index (χ2n) is 4.74. The number of nitrogens with one attached hydrogen (secondary N) is 1. The van der Waals surface area contributed by atoms with Crippen molar-refractivity contribution in [1.29, 1.82) is 0 Å². The summed E-state index contributed by atoms with van der Waals surface area (Å²) in [5.41, 5.74) is -0.382. The summed E-state index contributed by atoms with van der Waals surface area (Å²) < 4.78 is 5.08. The molecule has 0 fully saturated rings. The maximum absolute atomic E-state index is 11.3. The summed E-state index contributed by atoms with van der Waals surface area (Å²) in [6, 6.07) is 4.88. The van der Waals surface area contributed by atoms with E-state index in [1.54, 1.807) is 26.2 Å². The Bertz CT molecular complexity index is 447. The van der Waals surface area contributed by atoms with Gasteiger partial charge in [-0.15, -0.1) is 0 Å². The van der Waals surface area contributed by atoms with Crippen LogP contribution in [0.2, 0.25) is 0 Å². The Hall–Kier alpha value is -1.75. The van der Waals surface area contributed by atoms with Gasteiger partial charge in [0, 0.05) is 12.1 Å². The summed E-state index contributed by atoms with van der Waals surface area (Å²) in [6.45, 7) is 3.85. The Morgan fingerprint density at radius 2 is 2.16 bits per heavy atom. The van der Waals surface area contributed by atoms with E-state index in [1.807, 2.05) is 6.92 Å². The average molecular weight is 267 g/mol. The molecule has 3 N–H and O–H groups in total. The van der Waals surface area contributed by atoms with Gasteiger partial charge in [0.2, 0.25) is 0 Å². The highest BCUT2D eigenvalue weighted by Crippen LogP contribution is 2.24. The molecular formula is C14H21NO4. The number of aromatic hydroxyl groups is 1. The standard InChI is InChI=1S/C14H21NO4/c1-4-7-14(2,13(17)18)15-9-10-8-11(19-3)5-6-12(10)16/h5-6,8,15-16H,4,7,9H2,1-3H3,(H,17,18). The number of phenols is 1. The molecule has 0 saturated carbocycles. The van der Waals surface area contributed by atoms with Crippen molar-refractivity contribution in [2.24, 2.45) is 0 Å². The molecule has 0 bridgehead atoms. The van der Waals surface area contributed by atoms with Crippen molar-refractivity contribution in [3.8, 4) is 11.5 Å². The van der Waals surface area contributed by atoms with Crippen molar-refractivity contribution in [2.75, 3.05) is 7.11 Å². The second-order valence-corrected chi connectivity index (χ2v) is 4.74. The lowest BCUT2D eigenvalue weighted by Crippen LogP contribution is -2.48. The molecule has 1 atom stereocenters. The van der Waals surface area contributed by atoms with Crippen molar-refractivity contribution in [2.45, 2.75) is 38.8 Å². The Morgan fingerprint density at radius 1 is 1.47 bits per heavy atom. The maximum atomic E-state index is 11.3. The third kappa shape index (κ3) is 3.86. The third-order valence-electron chi connectivity index (χ3n) is 3.18. The molecule has 1 aromatic carbocycles. The number of hydrogen-bond donors (Lipinski definition) is 3. The van der Waals surface area contributed by atoms with Gasteiger partial charge in [-0.3, -0.25) is 10.1 Å². The zero-order valence-electron chi connectivity index (χ0n) is 11.6. The molecule has 1 rings (SSSR count). The monoisotopic (exact) mass is 267 g/mol. The van der Waals surface area contributed by atoms with Crippen LogP contribution in [0.25, 0.3) is 0 Å². The Kier molecular flexibility index (Phi) is 5.18. The van der Waals surface area contributed by atoms with Crippen LogP contribution in [0.15, 0.2) is 18.2 Å². The molecule has 0 aliphatic heterocycles. The van der Waals surface area contributed by atoms with Gasteiger partial charge in [-0.05, 0) is 31.5 Å². The van der Waals surface area contributed by atoms with E-state index in [0.717, 1.165) is 6.42 Å². The fraction of sp³-hybridized carbons (Fsp3) is 0.500. The molecule has 0 amide bonds. The minimum atomic E-state index is -0.996. The van der Waals surface area contributed by atoms with E-state index < -0.39 is 11.5 Å². The topological polar surface area (TPSA) is 78.8 Å². The van der Waals surface area contributed by atoms with Gasteiger partial charge in [0.05, 0.1) is 7.11 Å². The number of aliphatic carboxylic acids is 1. The molecule has 5 nitrogen and oxygen atoms in total. The van der Waals surface area contributed by atoms with Gasteiger partial charge in [-0.2, -0.15) is 0 Å². The molecule has 106 valence electrons. The molecule has 1 unspecified atom stereocenters. The smallest absolute Gasteiger partial charge is 0.323 e. The number of hydrogen-bond acceptors (Lipinski definition) is 4. The SMILES string of the molecule is CCCC(C)(NCc1cc(OC)ccc1O)C(=O)O. The fourth-order valence-corrected chi connectivity index (χ4v) is 1.89. The van der Waals surface area contributed by atoms with Gasteiger partial charge < -0.3 is 14.9 Å². The summed E-state index contributed by atoms with van der Waals surface area (Å²) in [5.74, 6) is -0.142. The van der Waals surface area contributed by atoms with Gasteiger partial charge in [-0.1, -0.05) is 13.3 Å². The van der Waals surface area contributed by atoms with Crippen LogP contribution in [0.4, 0.5) is 0 Å². The molecule has 0 aliphatic rings. The fourth-order valence-electron chi connectivity index (χ4n) is 1.89. The molecule has 0 spiro atoms. The summed E-state index contributed by atoms with van der Waals surface area (Å²) in [6.07, 6.45) is 1.28. The predicted octanol–water partition coefficient (Wildman–Crippen LogP) is 2.13. The number of benzene rings is 1. The van der Waals surface area contributed by atoms with Crippen molar-refractivity contribution < 1.29 is 19.7 Å². The van der Waals surface area contributed by atoms with Crippen LogP contribution in [0, 0.1) is 0 Å². The minimum Gasteiger partial charge on any atom is -0.508 e. The molecule has 0 aliphatic carbocycles.